The molecule has 2 heterocycles. The number of aromatic nitrogens is 2. The van der Waals surface area contributed by atoms with Crippen molar-refractivity contribution in [1.82, 2.24) is 14.7 Å². The van der Waals surface area contributed by atoms with Gasteiger partial charge in [-0.1, -0.05) is 25.7 Å². The molecule has 1 aliphatic heterocycles. The lowest BCUT2D eigenvalue weighted by Gasteiger charge is -2.32. The molecule has 0 aromatic carbocycles. The fourth-order valence-electron chi connectivity index (χ4n) is 4.93. The Bertz CT molecular complexity index is 635. The maximum Gasteiger partial charge on any atom is 0.326 e. The van der Waals surface area contributed by atoms with Gasteiger partial charge >= 0.3 is 5.97 Å². The monoisotopic (exact) mass is 331 g/mol. The van der Waals surface area contributed by atoms with Crippen LogP contribution in [0.15, 0.2) is 12.3 Å². The minimum atomic E-state index is -0.882. The van der Waals surface area contributed by atoms with Crippen molar-refractivity contribution < 1.29 is 14.7 Å². The van der Waals surface area contributed by atoms with Crippen LogP contribution in [0.1, 0.15) is 74.3 Å². The van der Waals surface area contributed by atoms with E-state index in [-0.39, 0.29) is 11.9 Å². The zero-order chi connectivity index (χ0) is 16.7. The zero-order valence-electron chi connectivity index (χ0n) is 13.9. The second-order valence-electron chi connectivity index (χ2n) is 7.53. The van der Waals surface area contributed by atoms with Crippen LogP contribution in [-0.2, 0) is 4.79 Å². The molecular weight excluding hydrogens is 306 g/mol. The van der Waals surface area contributed by atoms with Gasteiger partial charge in [0.2, 0.25) is 0 Å². The Kier molecular flexibility index (Phi) is 4.06. The molecule has 3 aliphatic rings. The van der Waals surface area contributed by atoms with Gasteiger partial charge in [0.1, 0.15) is 11.7 Å². The molecule has 130 valence electrons. The van der Waals surface area contributed by atoms with Crippen molar-refractivity contribution in [3.63, 3.8) is 0 Å². The van der Waals surface area contributed by atoms with Gasteiger partial charge in [-0.05, 0) is 44.1 Å². The average Bonchev–Trinajstić information content (AvgIpc) is 3.31. The number of carbonyl (C=O) groups is 2. The Balaban J connectivity index is 1.58. The maximum absolute atomic E-state index is 13.0. The van der Waals surface area contributed by atoms with Crippen LogP contribution in [0.25, 0.3) is 0 Å². The number of fused-ring (bicyclic) bond motifs is 1. The largest absolute Gasteiger partial charge is 0.480 e. The van der Waals surface area contributed by atoms with E-state index in [0.717, 1.165) is 38.5 Å². The van der Waals surface area contributed by atoms with Crippen molar-refractivity contribution >= 4 is 11.9 Å². The third-order valence-corrected chi connectivity index (χ3v) is 6.13. The summed E-state index contributed by atoms with van der Waals surface area (Å²) < 4.78 is 1.91. The van der Waals surface area contributed by atoms with Crippen molar-refractivity contribution in [2.75, 3.05) is 0 Å². The number of carboxylic acids is 1. The second-order valence-corrected chi connectivity index (χ2v) is 7.53. The summed E-state index contributed by atoms with van der Waals surface area (Å²) in [5.74, 6) is -0.748. The lowest BCUT2D eigenvalue weighted by molar-refractivity contribution is -0.141. The van der Waals surface area contributed by atoms with E-state index in [1.54, 1.807) is 11.0 Å². The van der Waals surface area contributed by atoms with Crippen LogP contribution in [0.3, 0.4) is 0 Å². The molecule has 3 fully saturated rings. The van der Waals surface area contributed by atoms with Gasteiger partial charge in [-0.15, -0.1) is 0 Å². The highest BCUT2D eigenvalue weighted by Crippen LogP contribution is 2.40. The van der Waals surface area contributed by atoms with E-state index in [1.165, 1.54) is 12.8 Å². The maximum atomic E-state index is 13.0. The van der Waals surface area contributed by atoms with Gasteiger partial charge < -0.3 is 10.0 Å². The lowest BCUT2D eigenvalue weighted by atomic mass is 9.84. The molecule has 0 bridgehead atoms. The van der Waals surface area contributed by atoms with Gasteiger partial charge in [0.05, 0.1) is 6.04 Å². The van der Waals surface area contributed by atoms with Gasteiger partial charge in [-0.3, -0.25) is 9.48 Å². The fourth-order valence-corrected chi connectivity index (χ4v) is 4.93. The number of amides is 1. The molecule has 6 heteroatoms. The topological polar surface area (TPSA) is 75.4 Å². The van der Waals surface area contributed by atoms with Crippen LogP contribution < -0.4 is 0 Å². The van der Waals surface area contributed by atoms with Crippen molar-refractivity contribution in [1.29, 1.82) is 0 Å². The predicted octanol–water partition coefficient (Wildman–Crippen LogP) is 2.86. The van der Waals surface area contributed by atoms with E-state index >= 15 is 0 Å². The minimum Gasteiger partial charge on any atom is -0.480 e. The number of rotatable bonds is 3. The van der Waals surface area contributed by atoms with Gasteiger partial charge in [-0.2, -0.15) is 5.10 Å². The second kappa shape index (κ2) is 6.22. The average molecular weight is 331 g/mol. The summed E-state index contributed by atoms with van der Waals surface area (Å²) in [6, 6.07) is 1.53. The molecule has 0 spiro atoms. The molecule has 1 aromatic heterocycles. The van der Waals surface area contributed by atoms with E-state index < -0.39 is 12.0 Å². The Morgan fingerprint density at radius 3 is 2.54 bits per heavy atom. The number of likely N-dealkylation sites (tertiary alicyclic amines) is 1. The first kappa shape index (κ1) is 15.7. The highest BCUT2D eigenvalue weighted by atomic mass is 16.4. The number of carbonyl (C=O) groups excluding carboxylic acids is 1. The molecule has 2 saturated carbocycles. The number of aliphatic carboxylic acids is 1. The van der Waals surface area contributed by atoms with Crippen LogP contribution in [0, 0.1) is 5.92 Å². The smallest absolute Gasteiger partial charge is 0.326 e. The summed E-state index contributed by atoms with van der Waals surface area (Å²) in [4.78, 5) is 26.4. The van der Waals surface area contributed by atoms with E-state index in [9.17, 15) is 14.7 Å². The van der Waals surface area contributed by atoms with Crippen LogP contribution in [0.2, 0.25) is 0 Å². The normalized spacial score (nSPS) is 30.5. The molecule has 24 heavy (non-hydrogen) atoms. The number of nitrogens with zero attached hydrogens (tertiary/aromatic N) is 3. The fraction of sp³-hybridized carbons (Fsp3) is 0.722. The van der Waals surface area contributed by atoms with Crippen molar-refractivity contribution in [3.05, 3.63) is 18.0 Å². The molecule has 0 unspecified atom stereocenters. The first-order chi connectivity index (χ1) is 11.6. The SMILES string of the molecule is O=C(O)[C@@H]1C[C@H]2CCCC[C@H]2N1C(=O)c1ccn(C2CCCC2)n1. The molecule has 1 amide bonds. The molecule has 1 N–H and O–H groups in total. The predicted molar refractivity (Wildman–Crippen MR) is 87.7 cm³/mol. The quantitative estimate of drug-likeness (QED) is 0.924. The summed E-state index contributed by atoms with van der Waals surface area (Å²) >= 11 is 0. The van der Waals surface area contributed by atoms with Crippen LogP contribution in [-0.4, -0.2) is 43.7 Å². The Morgan fingerprint density at radius 1 is 1.08 bits per heavy atom. The van der Waals surface area contributed by atoms with E-state index in [4.69, 9.17) is 0 Å². The highest BCUT2D eigenvalue weighted by molar-refractivity contribution is 5.95. The Morgan fingerprint density at radius 2 is 1.79 bits per heavy atom. The number of carboxylic acid groups (broad SMARTS) is 1. The summed E-state index contributed by atoms with van der Waals surface area (Å²) in [7, 11) is 0. The summed E-state index contributed by atoms with van der Waals surface area (Å²) in [6.45, 7) is 0. The zero-order valence-corrected chi connectivity index (χ0v) is 13.9. The third kappa shape index (κ3) is 2.62. The van der Waals surface area contributed by atoms with Gasteiger partial charge in [0.15, 0.2) is 0 Å². The van der Waals surface area contributed by atoms with Gasteiger partial charge in [-0.25, -0.2) is 4.79 Å². The first-order valence-corrected chi connectivity index (χ1v) is 9.26. The first-order valence-electron chi connectivity index (χ1n) is 9.26. The van der Waals surface area contributed by atoms with Gasteiger partial charge in [0, 0.05) is 12.2 Å². The summed E-state index contributed by atoms with van der Waals surface area (Å²) in [5, 5.41) is 14.1. The van der Waals surface area contributed by atoms with Crippen molar-refractivity contribution in [2.45, 2.75) is 75.9 Å². The van der Waals surface area contributed by atoms with Crippen molar-refractivity contribution in [2.24, 2.45) is 5.92 Å². The van der Waals surface area contributed by atoms with Crippen molar-refractivity contribution in [3.8, 4) is 0 Å². The third-order valence-electron chi connectivity index (χ3n) is 6.13. The van der Waals surface area contributed by atoms with Gasteiger partial charge in [0.25, 0.3) is 5.91 Å². The molecule has 1 saturated heterocycles. The Labute approximate surface area is 141 Å². The Hall–Kier alpha value is -1.85. The van der Waals surface area contributed by atoms with E-state index in [1.807, 2.05) is 10.9 Å². The summed E-state index contributed by atoms with van der Waals surface area (Å²) in [6.07, 6.45) is 11.3. The molecule has 6 nitrogen and oxygen atoms in total. The highest BCUT2D eigenvalue weighted by Gasteiger charge is 2.48. The van der Waals surface area contributed by atoms with E-state index in [0.29, 0.717) is 24.1 Å². The molecule has 4 rings (SSSR count). The van der Waals surface area contributed by atoms with Crippen LogP contribution >= 0.6 is 0 Å². The number of hydrogen-bond acceptors (Lipinski definition) is 3. The molecule has 0 radical (unpaired) electrons. The lowest BCUT2D eigenvalue weighted by Crippen LogP contribution is -2.46. The molecule has 1 aromatic rings. The standard InChI is InChI=1S/C18H25N3O3/c22-17(14-9-10-20(19-14)13-6-2-3-7-13)21-15-8-4-1-5-12(15)11-16(21)18(23)24/h9-10,12-13,15-16H,1-8,11H2,(H,23,24)/t12-,15-,16+/m1/s1. The summed E-state index contributed by atoms with van der Waals surface area (Å²) in [5.41, 5.74) is 0.402. The minimum absolute atomic E-state index is 0.0731. The molecular formula is C18H25N3O3. The number of hydrogen-bond donors (Lipinski definition) is 1. The van der Waals surface area contributed by atoms with Crippen LogP contribution in [0.5, 0.6) is 0 Å². The van der Waals surface area contributed by atoms with Crippen LogP contribution in [0.4, 0.5) is 0 Å². The molecule has 3 atom stereocenters. The van der Waals surface area contributed by atoms with E-state index in [2.05, 4.69) is 5.10 Å². The molecule has 2 aliphatic carbocycles.